The summed E-state index contributed by atoms with van der Waals surface area (Å²) in [5.74, 6) is 0.801. The third-order valence-electron chi connectivity index (χ3n) is 1.52. The Kier molecular flexibility index (Phi) is 6.98. The van der Waals surface area contributed by atoms with Crippen LogP contribution in [0.25, 0.3) is 0 Å². The van der Waals surface area contributed by atoms with Gasteiger partial charge in [-0.1, -0.05) is 33.1 Å². The van der Waals surface area contributed by atoms with Crippen LogP contribution in [-0.2, 0) is 4.89 Å². The smallest absolute Gasteiger partial charge is 0.0819 e. The molecule has 0 spiro atoms. The van der Waals surface area contributed by atoms with Gasteiger partial charge in [-0.25, -0.2) is 4.89 Å². The summed E-state index contributed by atoms with van der Waals surface area (Å²) >= 11 is 0. The van der Waals surface area contributed by atoms with Gasteiger partial charge >= 0.3 is 0 Å². The highest BCUT2D eigenvalue weighted by molar-refractivity contribution is 4.46. The van der Waals surface area contributed by atoms with Crippen LogP contribution >= 0.6 is 0 Å². The van der Waals surface area contributed by atoms with Gasteiger partial charge in [0.15, 0.2) is 0 Å². The Morgan fingerprint density at radius 1 is 1.20 bits per heavy atom. The lowest BCUT2D eigenvalue weighted by Crippen LogP contribution is -1.91. The van der Waals surface area contributed by atoms with Gasteiger partial charge in [0.2, 0.25) is 0 Å². The highest BCUT2D eigenvalue weighted by Crippen LogP contribution is 2.07. The number of unbranched alkanes of at least 4 members (excludes halogenated alkanes) is 2. The predicted molar refractivity (Wildman–Crippen MR) is 41.9 cm³/mol. The average molecular weight is 146 g/mol. The lowest BCUT2D eigenvalue weighted by molar-refractivity contribution is -0.242. The van der Waals surface area contributed by atoms with Gasteiger partial charge in [0.05, 0.1) is 6.61 Å². The summed E-state index contributed by atoms with van der Waals surface area (Å²) in [7, 11) is 0. The SMILES string of the molecule is CC(C)CCCCCOO. The van der Waals surface area contributed by atoms with Crippen molar-refractivity contribution in [3.8, 4) is 0 Å². The van der Waals surface area contributed by atoms with Gasteiger partial charge in [-0.2, -0.15) is 0 Å². The van der Waals surface area contributed by atoms with Crippen molar-refractivity contribution in [3.63, 3.8) is 0 Å². The van der Waals surface area contributed by atoms with Gasteiger partial charge in [0, 0.05) is 0 Å². The minimum atomic E-state index is 0.484. The molecule has 2 heteroatoms. The Labute approximate surface area is 63.1 Å². The van der Waals surface area contributed by atoms with Crippen molar-refractivity contribution in [2.75, 3.05) is 6.61 Å². The first-order chi connectivity index (χ1) is 4.77. The van der Waals surface area contributed by atoms with Gasteiger partial charge in [-0.15, -0.1) is 0 Å². The van der Waals surface area contributed by atoms with Crippen molar-refractivity contribution >= 4 is 0 Å². The van der Waals surface area contributed by atoms with Crippen LogP contribution in [0.3, 0.4) is 0 Å². The molecule has 0 rings (SSSR count). The molecule has 62 valence electrons. The van der Waals surface area contributed by atoms with E-state index in [0.29, 0.717) is 6.61 Å². The maximum absolute atomic E-state index is 7.97. The fourth-order valence-electron chi connectivity index (χ4n) is 0.896. The van der Waals surface area contributed by atoms with E-state index in [1.807, 2.05) is 0 Å². The van der Waals surface area contributed by atoms with E-state index in [4.69, 9.17) is 5.26 Å². The van der Waals surface area contributed by atoms with Crippen LogP contribution in [0.1, 0.15) is 39.5 Å². The molecule has 0 saturated carbocycles. The molecule has 0 saturated heterocycles. The molecule has 0 unspecified atom stereocenters. The second-order valence-electron chi connectivity index (χ2n) is 3.08. The first-order valence-corrected chi connectivity index (χ1v) is 4.03. The Hall–Kier alpha value is -0.0800. The lowest BCUT2D eigenvalue weighted by atomic mass is 10.1. The minimum absolute atomic E-state index is 0.484. The van der Waals surface area contributed by atoms with Gasteiger partial charge in [0.1, 0.15) is 0 Å². The number of rotatable bonds is 6. The highest BCUT2D eigenvalue weighted by Gasteiger charge is 1.93. The normalized spacial score (nSPS) is 10.8. The van der Waals surface area contributed by atoms with E-state index < -0.39 is 0 Å². The Morgan fingerprint density at radius 2 is 1.90 bits per heavy atom. The topological polar surface area (TPSA) is 29.5 Å². The van der Waals surface area contributed by atoms with Crippen LogP contribution < -0.4 is 0 Å². The molecule has 0 aliphatic carbocycles. The fraction of sp³-hybridized carbons (Fsp3) is 1.00. The molecular weight excluding hydrogens is 128 g/mol. The van der Waals surface area contributed by atoms with Crippen LogP contribution in [0.15, 0.2) is 0 Å². The zero-order valence-electron chi connectivity index (χ0n) is 6.97. The second kappa shape index (κ2) is 7.03. The monoisotopic (exact) mass is 146 g/mol. The Bertz CT molecular complexity index is 62.3. The van der Waals surface area contributed by atoms with Crippen molar-refractivity contribution in [2.45, 2.75) is 39.5 Å². The maximum Gasteiger partial charge on any atom is 0.0819 e. The average Bonchev–Trinajstić information content (AvgIpc) is 1.87. The molecular formula is C8H18O2. The fourth-order valence-corrected chi connectivity index (χ4v) is 0.896. The summed E-state index contributed by atoms with van der Waals surface area (Å²) in [5.41, 5.74) is 0. The zero-order chi connectivity index (χ0) is 7.82. The van der Waals surface area contributed by atoms with Gasteiger partial charge < -0.3 is 0 Å². The van der Waals surface area contributed by atoms with Crippen LogP contribution in [0.2, 0.25) is 0 Å². The summed E-state index contributed by atoms with van der Waals surface area (Å²) in [5, 5.41) is 7.97. The zero-order valence-corrected chi connectivity index (χ0v) is 6.97. The summed E-state index contributed by atoms with van der Waals surface area (Å²) in [6, 6.07) is 0. The Morgan fingerprint density at radius 3 is 2.40 bits per heavy atom. The summed E-state index contributed by atoms with van der Waals surface area (Å²) in [6.07, 6.45) is 4.68. The van der Waals surface area contributed by atoms with Gasteiger partial charge in [0.25, 0.3) is 0 Å². The van der Waals surface area contributed by atoms with E-state index in [2.05, 4.69) is 18.7 Å². The van der Waals surface area contributed by atoms with Crippen molar-refractivity contribution in [3.05, 3.63) is 0 Å². The third kappa shape index (κ3) is 7.92. The maximum atomic E-state index is 7.97. The van der Waals surface area contributed by atoms with Crippen molar-refractivity contribution in [1.29, 1.82) is 0 Å². The molecule has 2 nitrogen and oxygen atoms in total. The molecule has 0 atom stereocenters. The van der Waals surface area contributed by atoms with E-state index in [-0.39, 0.29) is 0 Å². The molecule has 0 fully saturated rings. The number of hydrogen-bond donors (Lipinski definition) is 1. The van der Waals surface area contributed by atoms with Crippen molar-refractivity contribution in [2.24, 2.45) is 5.92 Å². The molecule has 1 N–H and O–H groups in total. The van der Waals surface area contributed by atoms with Crippen LogP contribution in [-0.4, -0.2) is 11.9 Å². The summed E-state index contributed by atoms with van der Waals surface area (Å²) < 4.78 is 0. The minimum Gasteiger partial charge on any atom is -0.252 e. The van der Waals surface area contributed by atoms with E-state index >= 15 is 0 Å². The van der Waals surface area contributed by atoms with E-state index in [0.717, 1.165) is 12.3 Å². The van der Waals surface area contributed by atoms with Gasteiger partial charge in [-0.3, -0.25) is 5.26 Å². The standard InChI is InChI=1S/C8H18O2/c1-8(2)6-4-3-5-7-10-9/h8-9H,3-7H2,1-2H3. The van der Waals surface area contributed by atoms with E-state index in [1.54, 1.807) is 0 Å². The molecule has 0 radical (unpaired) electrons. The van der Waals surface area contributed by atoms with Crippen molar-refractivity contribution < 1.29 is 10.1 Å². The molecule has 0 aromatic heterocycles. The molecule has 0 aromatic carbocycles. The molecule has 0 aliphatic rings. The van der Waals surface area contributed by atoms with Crippen LogP contribution in [0.4, 0.5) is 0 Å². The second-order valence-corrected chi connectivity index (χ2v) is 3.08. The molecule has 0 amide bonds. The van der Waals surface area contributed by atoms with Crippen LogP contribution in [0.5, 0.6) is 0 Å². The van der Waals surface area contributed by atoms with E-state index in [1.165, 1.54) is 19.3 Å². The quantitative estimate of drug-likeness (QED) is 0.354. The number of hydrogen-bond acceptors (Lipinski definition) is 2. The molecule has 0 aromatic rings. The Balaban J connectivity index is 2.77. The highest BCUT2D eigenvalue weighted by atomic mass is 17.1. The first-order valence-electron chi connectivity index (χ1n) is 4.03. The summed E-state index contributed by atoms with van der Waals surface area (Å²) in [6.45, 7) is 4.93. The third-order valence-corrected chi connectivity index (χ3v) is 1.52. The first kappa shape index (κ1) is 9.92. The largest absolute Gasteiger partial charge is 0.252 e. The summed E-state index contributed by atoms with van der Waals surface area (Å²) in [4.78, 5) is 3.95. The lowest BCUT2D eigenvalue weighted by Gasteiger charge is -2.02. The van der Waals surface area contributed by atoms with E-state index in [9.17, 15) is 0 Å². The van der Waals surface area contributed by atoms with Crippen molar-refractivity contribution in [1.82, 2.24) is 0 Å². The molecule has 0 bridgehead atoms. The molecule has 10 heavy (non-hydrogen) atoms. The molecule has 0 aliphatic heterocycles. The van der Waals surface area contributed by atoms with Crippen LogP contribution in [0, 0.1) is 5.92 Å². The molecule has 0 heterocycles. The van der Waals surface area contributed by atoms with Gasteiger partial charge in [-0.05, 0) is 12.3 Å². The predicted octanol–water partition coefficient (Wildman–Crippen LogP) is 2.69.